The summed E-state index contributed by atoms with van der Waals surface area (Å²) < 4.78 is 0. The Labute approximate surface area is 66.9 Å². The average Bonchev–Trinajstić information content (AvgIpc) is 1.88. The molecule has 0 atom stereocenters. The lowest BCUT2D eigenvalue weighted by Crippen LogP contribution is -1.86. The van der Waals surface area contributed by atoms with Crippen LogP contribution in [0.25, 0.3) is 0 Å². The summed E-state index contributed by atoms with van der Waals surface area (Å²) in [6, 6.07) is 0. The highest BCUT2D eigenvalue weighted by molar-refractivity contribution is 6.30. The molecule has 0 N–H and O–H groups in total. The van der Waals surface area contributed by atoms with Crippen LogP contribution >= 0.6 is 11.6 Å². The van der Waals surface area contributed by atoms with E-state index in [2.05, 4.69) is 19.9 Å². The van der Waals surface area contributed by atoms with E-state index in [-0.39, 0.29) is 0 Å². The molecule has 1 aliphatic carbocycles. The molecule has 0 unspecified atom stereocenters. The zero-order chi connectivity index (χ0) is 7.56. The summed E-state index contributed by atoms with van der Waals surface area (Å²) in [6.45, 7) is 4.21. The van der Waals surface area contributed by atoms with Crippen molar-refractivity contribution in [3.8, 4) is 0 Å². The van der Waals surface area contributed by atoms with Gasteiger partial charge in [0.15, 0.2) is 0 Å². The zero-order valence-corrected chi connectivity index (χ0v) is 7.07. The molecule has 1 rings (SSSR count). The van der Waals surface area contributed by atoms with Gasteiger partial charge >= 0.3 is 0 Å². The SMILES string of the molecule is CC(C)=C1C=CC=C(Cl)C1. The van der Waals surface area contributed by atoms with Crippen LogP contribution in [0.2, 0.25) is 0 Å². The molecule has 0 bridgehead atoms. The normalized spacial score (nSPS) is 17.1. The third-order valence-electron chi connectivity index (χ3n) is 1.58. The minimum atomic E-state index is 0.903. The lowest BCUT2D eigenvalue weighted by atomic mass is 10.0. The molecule has 0 saturated carbocycles. The molecule has 54 valence electrons. The summed E-state index contributed by atoms with van der Waals surface area (Å²) in [5.74, 6) is 0. The molecule has 0 amide bonds. The van der Waals surface area contributed by atoms with Gasteiger partial charge in [-0.3, -0.25) is 0 Å². The quantitative estimate of drug-likeness (QED) is 0.502. The van der Waals surface area contributed by atoms with Crippen molar-refractivity contribution < 1.29 is 0 Å². The number of halogens is 1. The van der Waals surface area contributed by atoms with Crippen LogP contribution in [-0.2, 0) is 0 Å². The largest absolute Gasteiger partial charge is 0.0888 e. The van der Waals surface area contributed by atoms with Crippen LogP contribution in [-0.4, -0.2) is 0 Å². The molecule has 0 aliphatic heterocycles. The van der Waals surface area contributed by atoms with E-state index in [0.717, 1.165) is 11.5 Å². The van der Waals surface area contributed by atoms with Crippen LogP contribution in [0.5, 0.6) is 0 Å². The van der Waals surface area contributed by atoms with E-state index in [1.807, 2.05) is 12.2 Å². The lowest BCUT2D eigenvalue weighted by molar-refractivity contribution is 1.16. The van der Waals surface area contributed by atoms with E-state index < -0.39 is 0 Å². The highest BCUT2D eigenvalue weighted by Gasteiger charge is 2.01. The maximum absolute atomic E-state index is 5.83. The molecule has 0 aromatic heterocycles. The first-order chi connectivity index (χ1) is 4.70. The van der Waals surface area contributed by atoms with E-state index in [9.17, 15) is 0 Å². The van der Waals surface area contributed by atoms with Crippen LogP contribution in [0.4, 0.5) is 0 Å². The van der Waals surface area contributed by atoms with Gasteiger partial charge in [0.25, 0.3) is 0 Å². The number of rotatable bonds is 0. The topological polar surface area (TPSA) is 0 Å². The van der Waals surface area contributed by atoms with Crippen molar-refractivity contribution >= 4 is 11.6 Å². The molecular weight excluding hydrogens is 144 g/mol. The first kappa shape index (κ1) is 7.62. The molecule has 0 saturated heterocycles. The zero-order valence-electron chi connectivity index (χ0n) is 6.32. The Morgan fingerprint density at radius 1 is 1.50 bits per heavy atom. The van der Waals surface area contributed by atoms with Crippen LogP contribution in [0.3, 0.4) is 0 Å². The van der Waals surface area contributed by atoms with Crippen LogP contribution in [0.1, 0.15) is 20.3 Å². The standard InChI is InChI=1S/C9H11Cl/c1-7(2)8-4-3-5-9(10)6-8/h3-5H,6H2,1-2H3. The maximum atomic E-state index is 5.83. The third-order valence-corrected chi connectivity index (χ3v) is 1.84. The first-order valence-corrected chi connectivity index (χ1v) is 3.77. The summed E-state index contributed by atoms with van der Waals surface area (Å²) in [7, 11) is 0. The van der Waals surface area contributed by atoms with Gasteiger partial charge in [-0.05, 0) is 25.5 Å². The Morgan fingerprint density at radius 2 is 2.20 bits per heavy atom. The molecule has 1 heteroatoms. The van der Waals surface area contributed by atoms with Crippen LogP contribution in [0, 0.1) is 0 Å². The second-order valence-electron chi connectivity index (χ2n) is 2.67. The van der Waals surface area contributed by atoms with Crippen molar-refractivity contribution in [1.82, 2.24) is 0 Å². The fourth-order valence-electron chi connectivity index (χ4n) is 0.912. The Morgan fingerprint density at radius 3 is 2.60 bits per heavy atom. The van der Waals surface area contributed by atoms with Crippen LogP contribution in [0.15, 0.2) is 34.4 Å². The molecule has 0 heterocycles. The highest BCUT2D eigenvalue weighted by Crippen LogP contribution is 2.22. The maximum Gasteiger partial charge on any atom is 0.0224 e. The van der Waals surface area contributed by atoms with Gasteiger partial charge in [0.05, 0.1) is 0 Å². The summed E-state index contributed by atoms with van der Waals surface area (Å²) in [5.41, 5.74) is 2.69. The molecule has 0 spiro atoms. The lowest BCUT2D eigenvalue weighted by Gasteiger charge is -2.06. The van der Waals surface area contributed by atoms with Crippen molar-refractivity contribution in [1.29, 1.82) is 0 Å². The summed E-state index contributed by atoms with van der Waals surface area (Å²) >= 11 is 5.83. The van der Waals surface area contributed by atoms with Gasteiger partial charge in [0, 0.05) is 11.5 Å². The highest BCUT2D eigenvalue weighted by atomic mass is 35.5. The Balaban J connectivity index is 2.83. The van der Waals surface area contributed by atoms with Gasteiger partial charge in [-0.15, -0.1) is 0 Å². The number of hydrogen-bond acceptors (Lipinski definition) is 0. The van der Waals surface area contributed by atoms with E-state index in [4.69, 9.17) is 11.6 Å². The predicted octanol–water partition coefficient (Wildman–Crippen LogP) is 3.41. The first-order valence-electron chi connectivity index (χ1n) is 3.39. The number of allylic oxidation sites excluding steroid dienone is 6. The van der Waals surface area contributed by atoms with Crippen molar-refractivity contribution in [2.24, 2.45) is 0 Å². The van der Waals surface area contributed by atoms with Gasteiger partial charge in [-0.25, -0.2) is 0 Å². The monoisotopic (exact) mass is 154 g/mol. The van der Waals surface area contributed by atoms with Crippen molar-refractivity contribution in [2.45, 2.75) is 20.3 Å². The van der Waals surface area contributed by atoms with Gasteiger partial charge in [0.1, 0.15) is 0 Å². The summed E-state index contributed by atoms with van der Waals surface area (Å²) in [6.07, 6.45) is 6.95. The van der Waals surface area contributed by atoms with Crippen molar-refractivity contribution in [3.05, 3.63) is 34.4 Å². The molecule has 0 fully saturated rings. The van der Waals surface area contributed by atoms with Gasteiger partial charge < -0.3 is 0 Å². The molecule has 10 heavy (non-hydrogen) atoms. The van der Waals surface area contributed by atoms with E-state index in [1.165, 1.54) is 11.1 Å². The second kappa shape index (κ2) is 3.07. The molecule has 1 aliphatic rings. The molecule has 0 nitrogen and oxygen atoms in total. The minimum absolute atomic E-state index is 0.903. The van der Waals surface area contributed by atoms with Crippen molar-refractivity contribution in [2.75, 3.05) is 0 Å². The summed E-state index contributed by atoms with van der Waals surface area (Å²) in [5, 5.41) is 0.929. The van der Waals surface area contributed by atoms with Gasteiger partial charge in [0.2, 0.25) is 0 Å². The number of hydrogen-bond donors (Lipinski definition) is 0. The van der Waals surface area contributed by atoms with Crippen LogP contribution < -0.4 is 0 Å². The van der Waals surface area contributed by atoms with Gasteiger partial charge in [-0.2, -0.15) is 0 Å². The predicted molar refractivity (Wildman–Crippen MR) is 46.1 cm³/mol. The van der Waals surface area contributed by atoms with E-state index in [1.54, 1.807) is 0 Å². The van der Waals surface area contributed by atoms with Gasteiger partial charge in [-0.1, -0.05) is 29.3 Å². The molecule has 0 aromatic carbocycles. The molecule has 0 radical (unpaired) electrons. The van der Waals surface area contributed by atoms with E-state index in [0.29, 0.717) is 0 Å². The Bertz CT molecular complexity index is 215. The fraction of sp³-hybridized carbons (Fsp3) is 0.333. The molecular formula is C9H11Cl. The smallest absolute Gasteiger partial charge is 0.0224 e. The third kappa shape index (κ3) is 1.74. The fourth-order valence-corrected chi connectivity index (χ4v) is 1.13. The van der Waals surface area contributed by atoms with E-state index >= 15 is 0 Å². The minimum Gasteiger partial charge on any atom is -0.0888 e. The average molecular weight is 155 g/mol. The second-order valence-corrected chi connectivity index (χ2v) is 3.16. The molecule has 0 aromatic rings. The van der Waals surface area contributed by atoms with Crippen molar-refractivity contribution in [3.63, 3.8) is 0 Å². The Kier molecular flexibility index (Phi) is 2.34. The Hall–Kier alpha value is -0.490. The summed E-state index contributed by atoms with van der Waals surface area (Å²) in [4.78, 5) is 0.